The van der Waals surface area contributed by atoms with Gasteiger partial charge in [-0.25, -0.2) is 4.98 Å². The third-order valence-electron chi connectivity index (χ3n) is 2.66. The molecule has 2 rings (SSSR count). The Morgan fingerprint density at radius 2 is 2.11 bits per heavy atom. The molecule has 3 nitrogen and oxygen atoms in total. The first-order chi connectivity index (χ1) is 8.99. The van der Waals surface area contributed by atoms with E-state index in [1.165, 1.54) is 0 Å². The molecule has 1 heterocycles. The molecule has 1 N–H and O–H groups in total. The predicted molar refractivity (Wildman–Crippen MR) is 85.8 cm³/mol. The van der Waals surface area contributed by atoms with Gasteiger partial charge in [-0.3, -0.25) is 4.79 Å². The van der Waals surface area contributed by atoms with Crippen LogP contribution in [0.4, 0.5) is 5.69 Å². The molecule has 0 unspecified atom stereocenters. The van der Waals surface area contributed by atoms with Crippen molar-refractivity contribution in [3.8, 4) is 0 Å². The van der Waals surface area contributed by atoms with Crippen LogP contribution in [0.3, 0.4) is 0 Å². The van der Waals surface area contributed by atoms with Crippen LogP contribution in [0.5, 0.6) is 0 Å². The Bertz CT molecular complexity index is 643. The number of hydrogen-bond acceptors (Lipinski definition) is 2. The molecule has 0 saturated heterocycles. The minimum atomic E-state index is -0.178. The second-order valence-electron chi connectivity index (χ2n) is 4.24. The van der Waals surface area contributed by atoms with Crippen molar-refractivity contribution in [2.75, 3.05) is 5.32 Å². The van der Waals surface area contributed by atoms with Crippen molar-refractivity contribution in [3.05, 3.63) is 55.9 Å². The van der Waals surface area contributed by atoms with Crippen LogP contribution in [-0.4, -0.2) is 10.9 Å². The summed E-state index contributed by atoms with van der Waals surface area (Å²) in [7, 11) is 0. The number of nitrogens with one attached hydrogen (secondary N) is 1. The molecule has 1 aromatic heterocycles. The quantitative estimate of drug-likeness (QED) is 0.620. The number of carbonyl (C=O) groups excluding carboxylic acids is 1. The molecule has 0 spiro atoms. The third-order valence-corrected chi connectivity index (χ3v) is 4.39. The third kappa shape index (κ3) is 3.25. The fraction of sp³-hybridized carbons (Fsp3) is 0.143. The van der Waals surface area contributed by atoms with Gasteiger partial charge >= 0.3 is 0 Å². The lowest BCUT2D eigenvalue weighted by Gasteiger charge is -2.10. The van der Waals surface area contributed by atoms with Crippen LogP contribution < -0.4 is 5.32 Å². The summed E-state index contributed by atoms with van der Waals surface area (Å²) in [5, 5.41) is 3.09. The first kappa shape index (κ1) is 14.3. The normalized spacial score (nSPS) is 10.3. The van der Waals surface area contributed by atoms with Gasteiger partial charge in [0.15, 0.2) is 5.15 Å². The minimum absolute atomic E-state index is 0.178. The maximum atomic E-state index is 12.2. The molecule has 98 valence electrons. The largest absolute Gasteiger partial charge is 0.319 e. The second-order valence-corrected chi connectivity index (χ2v) is 5.68. The van der Waals surface area contributed by atoms with E-state index in [0.717, 1.165) is 14.7 Å². The summed E-state index contributed by atoms with van der Waals surface area (Å²) < 4.78 is 0.939. The first-order valence-electron chi connectivity index (χ1n) is 5.67. The Hall–Kier alpha value is -1.14. The standard InChI is InChI=1S/C14H12ClIN2O/c1-8-6-11(13(15)17-7-8)18-14(19)10-5-3-4-9(2)12(10)16/h3-7H,1-2H3,(H,18,19). The van der Waals surface area contributed by atoms with Crippen molar-refractivity contribution in [1.82, 2.24) is 4.98 Å². The molecule has 0 aliphatic rings. The Labute approximate surface area is 130 Å². The van der Waals surface area contributed by atoms with E-state index in [0.29, 0.717) is 16.4 Å². The number of halogens is 2. The summed E-state index contributed by atoms with van der Waals surface area (Å²) in [6.07, 6.45) is 1.66. The van der Waals surface area contributed by atoms with Gasteiger partial charge in [-0.15, -0.1) is 0 Å². The average molecular weight is 387 g/mol. The Kier molecular flexibility index (Phi) is 4.42. The molecule has 0 atom stereocenters. The summed E-state index contributed by atoms with van der Waals surface area (Å²) in [6, 6.07) is 7.43. The van der Waals surface area contributed by atoms with E-state index >= 15 is 0 Å². The topological polar surface area (TPSA) is 42.0 Å². The molecule has 0 aliphatic heterocycles. The number of rotatable bonds is 2. The smallest absolute Gasteiger partial charge is 0.256 e. The first-order valence-corrected chi connectivity index (χ1v) is 7.13. The van der Waals surface area contributed by atoms with E-state index in [2.05, 4.69) is 32.9 Å². The summed E-state index contributed by atoms with van der Waals surface area (Å²) in [6.45, 7) is 3.87. The molecule has 0 bridgehead atoms. The van der Waals surface area contributed by atoms with Gasteiger partial charge in [-0.1, -0.05) is 23.7 Å². The van der Waals surface area contributed by atoms with Crippen LogP contribution in [-0.2, 0) is 0 Å². The van der Waals surface area contributed by atoms with Gasteiger partial charge in [0.1, 0.15) is 0 Å². The number of aryl methyl sites for hydroxylation is 2. The molecule has 5 heteroatoms. The highest BCUT2D eigenvalue weighted by Crippen LogP contribution is 2.22. The molecular weight excluding hydrogens is 375 g/mol. The molecule has 1 amide bonds. The van der Waals surface area contributed by atoms with Crippen LogP contribution in [0.25, 0.3) is 0 Å². The highest BCUT2D eigenvalue weighted by atomic mass is 127. The molecule has 0 aliphatic carbocycles. The second kappa shape index (κ2) is 5.88. The van der Waals surface area contributed by atoms with Crippen LogP contribution >= 0.6 is 34.2 Å². The molecular formula is C14H12ClIN2O. The average Bonchev–Trinajstić information content (AvgIpc) is 2.37. The van der Waals surface area contributed by atoms with Crippen molar-refractivity contribution < 1.29 is 4.79 Å². The predicted octanol–water partition coefficient (Wildman–Crippen LogP) is 4.21. The van der Waals surface area contributed by atoms with E-state index in [1.807, 2.05) is 26.0 Å². The van der Waals surface area contributed by atoms with E-state index in [4.69, 9.17) is 11.6 Å². The number of amides is 1. The van der Waals surface area contributed by atoms with Gasteiger partial charge in [0, 0.05) is 9.77 Å². The van der Waals surface area contributed by atoms with Crippen LogP contribution in [0.2, 0.25) is 5.15 Å². The lowest BCUT2D eigenvalue weighted by atomic mass is 10.1. The van der Waals surface area contributed by atoms with Crippen molar-refractivity contribution in [2.45, 2.75) is 13.8 Å². The SMILES string of the molecule is Cc1cnc(Cl)c(NC(=O)c2cccc(C)c2I)c1. The van der Waals surface area contributed by atoms with E-state index in [-0.39, 0.29) is 5.91 Å². The Morgan fingerprint density at radius 3 is 2.84 bits per heavy atom. The zero-order valence-corrected chi connectivity index (χ0v) is 13.4. The van der Waals surface area contributed by atoms with Gasteiger partial charge < -0.3 is 5.32 Å². The molecule has 0 radical (unpaired) electrons. The number of aromatic nitrogens is 1. The van der Waals surface area contributed by atoms with Crippen molar-refractivity contribution in [1.29, 1.82) is 0 Å². The van der Waals surface area contributed by atoms with Crippen molar-refractivity contribution in [3.63, 3.8) is 0 Å². The highest BCUT2D eigenvalue weighted by molar-refractivity contribution is 14.1. The van der Waals surface area contributed by atoms with Crippen LogP contribution in [0, 0.1) is 17.4 Å². The van der Waals surface area contributed by atoms with Gasteiger partial charge in [-0.2, -0.15) is 0 Å². The fourth-order valence-corrected chi connectivity index (χ4v) is 2.41. The monoisotopic (exact) mass is 386 g/mol. The number of nitrogens with zero attached hydrogens (tertiary/aromatic N) is 1. The number of benzene rings is 1. The van der Waals surface area contributed by atoms with Crippen molar-refractivity contribution in [2.24, 2.45) is 0 Å². The summed E-state index contributed by atoms with van der Waals surface area (Å²) in [4.78, 5) is 16.3. The number of anilines is 1. The van der Waals surface area contributed by atoms with E-state index in [9.17, 15) is 4.79 Å². The van der Waals surface area contributed by atoms with E-state index < -0.39 is 0 Å². The lowest BCUT2D eigenvalue weighted by molar-refractivity contribution is 0.102. The molecule has 0 fully saturated rings. The number of hydrogen-bond donors (Lipinski definition) is 1. The lowest BCUT2D eigenvalue weighted by Crippen LogP contribution is -2.14. The van der Waals surface area contributed by atoms with Crippen LogP contribution in [0.1, 0.15) is 21.5 Å². The van der Waals surface area contributed by atoms with Gasteiger partial charge in [-0.05, 0) is 59.7 Å². The maximum Gasteiger partial charge on any atom is 0.256 e. The van der Waals surface area contributed by atoms with Gasteiger partial charge in [0.2, 0.25) is 0 Å². The molecule has 0 saturated carbocycles. The van der Waals surface area contributed by atoms with Gasteiger partial charge in [0.25, 0.3) is 5.91 Å². The van der Waals surface area contributed by atoms with Crippen LogP contribution in [0.15, 0.2) is 30.5 Å². The molecule has 1 aromatic carbocycles. The number of carbonyl (C=O) groups is 1. The zero-order valence-electron chi connectivity index (χ0n) is 10.5. The highest BCUT2D eigenvalue weighted by Gasteiger charge is 2.13. The zero-order chi connectivity index (χ0) is 14.0. The maximum absolute atomic E-state index is 12.2. The fourth-order valence-electron chi connectivity index (χ4n) is 1.65. The summed E-state index contributed by atoms with van der Waals surface area (Å²) in [5.41, 5.74) is 3.18. The minimum Gasteiger partial charge on any atom is -0.319 e. The Morgan fingerprint density at radius 1 is 1.37 bits per heavy atom. The summed E-state index contributed by atoms with van der Waals surface area (Å²) >= 11 is 8.14. The number of pyridine rings is 1. The van der Waals surface area contributed by atoms with Gasteiger partial charge in [0.05, 0.1) is 11.3 Å². The summed E-state index contributed by atoms with van der Waals surface area (Å²) in [5.74, 6) is -0.178. The Balaban J connectivity index is 2.31. The van der Waals surface area contributed by atoms with E-state index in [1.54, 1.807) is 18.3 Å². The molecule has 2 aromatic rings. The molecule has 19 heavy (non-hydrogen) atoms. The van der Waals surface area contributed by atoms with Crippen molar-refractivity contribution >= 4 is 45.8 Å².